The van der Waals surface area contributed by atoms with Gasteiger partial charge in [0.25, 0.3) is 0 Å². The Hall–Kier alpha value is -1.25. The van der Waals surface area contributed by atoms with E-state index in [1.54, 1.807) is 0 Å². The molecule has 0 amide bonds. The highest BCUT2D eigenvalue weighted by atomic mass is 15.1. The van der Waals surface area contributed by atoms with Crippen LogP contribution >= 0.6 is 0 Å². The van der Waals surface area contributed by atoms with Crippen molar-refractivity contribution in [3.63, 3.8) is 0 Å². The van der Waals surface area contributed by atoms with Gasteiger partial charge in [0.2, 0.25) is 0 Å². The molecule has 3 nitrogen and oxygen atoms in total. The highest BCUT2D eigenvalue weighted by molar-refractivity contribution is 5.37. The van der Waals surface area contributed by atoms with E-state index < -0.39 is 0 Å². The van der Waals surface area contributed by atoms with E-state index in [1.165, 1.54) is 0 Å². The van der Waals surface area contributed by atoms with E-state index in [-0.39, 0.29) is 0 Å². The Kier molecular flexibility index (Phi) is 2.31. The quantitative estimate of drug-likeness (QED) is 0.571. The van der Waals surface area contributed by atoms with Crippen molar-refractivity contribution < 1.29 is 0 Å². The summed E-state index contributed by atoms with van der Waals surface area (Å²) in [5.41, 5.74) is 1.11. The first-order valence-corrected chi connectivity index (χ1v) is 3.64. The third-order valence-corrected chi connectivity index (χ3v) is 1.73. The lowest BCUT2D eigenvalue weighted by Gasteiger charge is -1.94. The summed E-state index contributed by atoms with van der Waals surface area (Å²) in [4.78, 5) is 0. The first-order chi connectivity index (χ1) is 5.29. The van der Waals surface area contributed by atoms with Crippen LogP contribution in [0.15, 0.2) is 6.20 Å². The molecule has 60 valence electrons. The van der Waals surface area contributed by atoms with Gasteiger partial charge in [0, 0.05) is 18.0 Å². The minimum Gasteiger partial charge on any atom is -0.390 e. The first-order valence-electron chi connectivity index (χ1n) is 3.64. The van der Waals surface area contributed by atoms with Crippen molar-refractivity contribution in [3.8, 4) is 0 Å². The summed E-state index contributed by atoms with van der Waals surface area (Å²) in [6.07, 6.45) is 3.84. The molecule has 1 heterocycles. The molecule has 0 saturated heterocycles. The summed E-state index contributed by atoms with van der Waals surface area (Å²) in [6.45, 7) is 4.01. The molecule has 0 aliphatic heterocycles. The van der Waals surface area contributed by atoms with Crippen molar-refractivity contribution in [2.45, 2.75) is 13.8 Å². The van der Waals surface area contributed by atoms with Gasteiger partial charge in [-0.05, 0) is 13.8 Å². The van der Waals surface area contributed by atoms with Gasteiger partial charge in [-0.15, -0.1) is 0 Å². The second kappa shape index (κ2) is 3.23. The van der Waals surface area contributed by atoms with Gasteiger partial charge in [0.15, 0.2) is 0 Å². The first kappa shape index (κ1) is 7.85. The lowest BCUT2D eigenvalue weighted by molar-refractivity contribution is 1.01. The molecule has 0 aliphatic carbocycles. The minimum absolute atomic E-state index is 1.06. The topological polar surface area (TPSA) is 40.7 Å². The van der Waals surface area contributed by atoms with Crippen LogP contribution in [0.4, 0.5) is 0 Å². The molecule has 0 atom stereocenters. The second-order valence-corrected chi connectivity index (χ2v) is 2.36. The molecule has 11 heavy (non-hydrogen) atoms. The van der Waals surface area contributed by atoms with Gasteiger partial charge in [0.05, 0.1) is 11.5 Å². The van der Waals surface area contributed by atoms with Gasteiger partial charge < -0.3 is 5.32 Å². The van der Waals surface area contributed by atoms with Crippen molar-refractivity contribution in [2.24, 2.45) is 0 Å². The fraction of sp³-hybridized carbons (Fsp3) is 0.375. The molecule has 1 rings (SSSR count). The van der Waals surface area contributed by atoms with E-state index in [2.05, 4.69) is 15.5 Å². The zero-order valence-corrected chi connectivity index (χ0v) is 7.10. The van der Waals surface area contributed by atoms with Crippen LogP contribution in [0.3, 0.4) is 0 Å². The van der Waals surface area contributed by atoms with Crippen molar-refractivity contribution in [3.05, 3.63) is 16.8 Å². The van der Waals surface area contributed by atoms with Crippen LogP contribution in [0.1, 0.15) is 13.8 Å². The van der Waals surface area contributed by atoms with E-state index in [1.807, 2.05) is 33.2 Å². The van der Waals surface area contributed by atoms with Crippen LogP contribution in [0, 0.1) is 0 Å². The number of nitrogens with zero attached hydrogens (tertiary/aromatic N) is 1. The zero-order chi connectivity index (χ0) is 8.27. The molecule has 2 N–H and O–H groups in total. The average Bonchev–Trinajstić information content (AvgIpc) is 2.50. The van der Waals surface area contributed by atoms with Crippen LogP contribution in [0.25, 0.3) is 11.8 Å². The predicted octanol–water partition coefficient (Wildman–Crippen LogP) is -0.442. The lowest BCUT2D eigenvalue weighted by Crippen LogP contribution is -2.28. The summed E-state index contributed by atoms with van der Waals surface area (Å²) in [6, 6.07) is 0. The van der Waals surface area contributed by atoms with Gasteiger partial charge >= 0.3 is 0 Å². The van der Waals surface area contributed by atoms with Crippen LogP contribution in [-0.2, 0) is 0 Å². The molecule has 0 aromatic carbocycles. The van der Waals surface area contributed by atoms with E-state index in [9.17, 15) is 0 Å². The molecule has 0 aliphatic rings. The Balaban J connectivity index is 3.45. The molecule has 1 aromatic rings. The van der Waals surface area contributed by atoms with E-state index >= 15 is 0 Å². The number of aromatic amines is 1. The molecule has 3 heteroatoms. The standard InChI is InChI=1S/C8H13N3/c1-4-7-5-10-11-8(7)6(2)9-3/h4-5,9,11H,1-3H3/b7-4-,8-6+. The molecule has 0 bridgehead atoms. The summed E-state index contributed by atoms with van der Waals surface area (Å²) < 4.78 is 0. The predicted molar refractivity (Wildman–Crippen MR) is 46.1 cm³/mol. The van der Waals surface area contributed by atoms with E-state index in [0.717, 1.165) is 16.3 Å². The summed E-state index contributed by atoms with van der Waals surface area (Å²) in [7, 11) is 1.90. The normalized spacial score (nSPS) is 15.0. The highest BCUT2D eigenvalue weighted by Gasteiger charge is 1.89. The minimum atomic E-state index is 1.06. The number of aromatic nitrogens is 2. The van der Waals surface area contributed by atoms with Crippen LogP contribution < -0.4 is 15.9 Å². The zero-order valence-electron chi connectivity index (χ0n) is 7.10. The maximum atomic E-state index is 3.94. The Morgan fingerprint density at radius 1 is 1.73 bits per heavy atom. The summed E-state index contributed by atoms with van der Waals surface area (Å²) in [5, 5.41) is 12.1. The largest absolute Gasteiger partial charge is 0.390 e. The fourth-order valence-corrected chi connectivity index (χ4v) is 0.940. The molecule has 0 fully saturated rings. The van der Waals surface area contributed by atoms with Crippen LogP contribution in [0.2, 0.25) is 0 Å². The smallest absolute Gasteiger partial charge is 0.0833 e. The average molecular weight is 151 g/mol. The number of nitrogens with one attached hydrogen (secondary N) is 2. The molecule has 0 spiro atoms. The molecular weight excluding hydrogens is 138 g/mol. The molecular formula is C8H13N3. The Morgan fingerprint density at radius 3 is 3.00 bits per heavy atom. The Bertz CT molecular complexity index is 334. The SMILES string of the molecule is C/C=c1/cn[nH]/c1=C(\C)NC. The third-order valence-electron chi connectivity index (χ3n) is 1.73. The maximum absolute atomic E-state index is 3.94. The summed E-state index contributed by atoms with van der Waals surface area (Å²) >= 11 is 0. The monoisotopic (exact) mass is 151 g/mol. The van der Waals surface area contributed by atoms with Crippen molar-refractivity contribution in [1.82, 2.24) is 15.5 Å². The molecule has 1 aromatic heterocycles. The maximum Gasteiger partial charge on any atom is 0.0833 e. The third kappa shape index (κ3) is 1.42. The van der Waals surface area contributed by atoms with Gasteiger partial charge in [0.1, 0.15) is 0 Å². The van der Waals surface area contributed by atoms with Crippen LogP contribution in [0.5, 0.6) is 0 Å². The number of hydrogen-bond acceptors (Lipinski definition) is 2. The number of H-pyrrole nitrogens is 1. The van der Waals surface area contributed by atoms with E-state index in [0.29, 0.717) is 0 Å². The number of hydrogen-bond donors (Lipinski definition) is 2. The van der Waals surface area contributed by atoms with Crippen molar-refractivity contribution in [1.29, 1.82) is 0 Å². The second-order valence-electron chi connectivity index (χ2n) is 2.36. The summed E-state index contributed by atoms with van der Waals surface area (Å²) in [5.74, 6) is 0. The van der Waals surface area contributed by atoms with Crippen molar-refractivity contribution >= 4 is 11.8 Å². The van der Waals surface area contributed by atoms with Gasteiger partial charge in [-0.2, -0.15) is 5.10 Å². The lowest BCUT2D eigenvalue weighted by atomic mass is 10.3. The van der Waals surface area contributed by atoms with Gasteiger partial charge in [-0.3, -0.25) is 5.10 Å². The highest BCUT2D eigenvalue weighted by Crippen LogP contribution is 1.74. The van der Waals surface area contributed by atoms with Crippen molar-refractivity contribution in [2.75, 3.05) is 7.05 Å². The molecule has 0 unspecified atom stereocenters. The van der Waals surface area contributed by atoms with Gasteiger partial charge in [-0.1, -0.05) is 6.08 Å². The Labute approximate surface area is 65.8 Å². The van der Waals surface area contributed by atoms with Gasteiger partial charge in [-0.25, -0.2) is 0 Å². The van der Waals surface area contributed by atoms with E-state index in [4.69, 9.17) is 0 Å². The number of rotatable bonds is 1. The fourth-order valence-electron chi connectivity index (χ4n) is 0.940. The van der Waals surface area contributed by atoms with Crippen LogP contribution in [-0.4, -0.2) is 17.2 Å². The molecule has 0 radical (unpaired) electrons. The molecule has 0 saturated carbocycles. The Morgan fingerprint density at radius 2 is 2.45 bits per heavy atom.